The minimum absolute atomic E-state index is 0.199. The number of hydrogen-bond acceptors (Lipinski definition) is 2. The second-order valence-corrected chi connectivity index (χ2v) is 4.08. The Labute approximate surface area is 79.3 Å². The third-order valence-electron chi connectivity index (χ3n) is 3.15. The molecular weight excluding hydrogens is 166 g/mol. The molecule has 1 fully saturated rings. The van der Waals surface area contributed by atoms with E-state index in [2.05, 4.69) is 0 Å². The molecule has 0 heterocycles. The highest BCUT2D eigenvalue weighted by atomic mass is 16.4. The number of carboxylic acids is 1. The average Bonchev–Trinajstić information content (AvgIpc) is 2.56. The highest BCUT2D eigenvalue weighted by Gasteiger charge is 2.42. The van der Waals surface area contributed by atoms with E-state index in [4.69, 9.17) is 10.8 Å². The first kappa shape index (κ1) is 10.5. The zero-order valence-electron chi connectivity index (χ0n) is 8.25. The van der Waals surface area contributed by atoms with Crippen molar-refractivity contribution >= 4 is 5.97 Å². The number of nitrogens with two attached hydrogens (primary N) is 1. The summed E-state index contributed by atoms with van der Waals surface area (Å²) in [5.41, 5.74) is 5.00. The van der Waals surface area contributed by atoms with Crippen LogP contribution in [-0.2, 0) is 4.79 Å². The van der Waals surface area contributed by atoms with Crippen molar-refractivity contribution in [2.75, 3.05) is 0 Å². The fourth-order valence-electron chi connectivity index (χ4n) is 2.34. The van der Waals surface area contributed by atoms with Crippen molar-refractivity contribution in [3.8, 4) is 0 Å². The summed E-state index contributed by atoms with van der Waals surface area (Å²) in [6.07, 6.45) is 5.71. The van der Waals surface area contributed by atoms with Crippen molar-refractivity contribution in [2.24, 2.45) is 11.7 Å². The van der Waals surface area contributed by atoms with Crippen LogP contribution in [0.1, 0.15) is 45.4 Å². The Morgan fingerprint density at radius 2 is 2.08 bits per heavy atom. The van der Waals surface area contributed by atoms with E-state index >= 15 is 0 Å². The number of aliphatic carboxylic acids is 1. The van der Waals surface area contributed by atoms with Gasteiger partial charge in [0.25, 0.3) is 0 Å². The maximum Gasteiger partial charge on any atom is 0.323 e. The molecule has 0 bridgehead atoms. The van der Waals surface area contributed by atoms with Crippen LogP contribution in [0.5, 0.6) is 0 Å². The van der Waals surface area contributed by atoms with E-state index < -0.39 is 11.5 Å². The molecule has 0 aliphatic heterocycles. The molecule has 0 spiro atoms. The molecule has 1 saturated carbocycles. The van der Waals surface area contributed by atoms with Gasteiger partial charge in [-0.15, -0.1) is 0 Å². The predicted octanol–water partition coefficient (Wildman–Crippen LogP) is 1.76. The molecule has 0 amide bonds. The molecule has 1 atom stereocenters. The molecule has 0 aromatic rings. The maximum atomic E-state index is 11.1. The second-order valence-electron chi connectivity index (χ2n) is 4.08. The van der Waals surface area contributed by atoms with E-state index in [0.717, 1.165) is 32.1 Å². The van der Waals surface area contributed by atoms with Crippen LogP contribution in [0, 0.1) is 5.92 Å². The zero-order valence-corrected chi connectivity index (χ0v) is 8.25. The van der Waals surface area contributed by atoms with Crippen LogP contribution in [-0.4, -0.2) is 16.6 Å². The fourth-order valence-corrected chi connectivity index (χ4v) is 2.34. The van der Waals surface area contributed by atoms with Crippen molar-refractivity contribution in [1.82, 2.24) is 0 Å². The third kappa shape index (κ3) is 2.02. The topological polar surface area (TPSA) is 63.3 Å². The third-order valence-corrected chi connectivity index (χ3v) is 3.15. The van der Waals surface area contributed by atoms with Crippen LogP contribution in [0.25, 0.3) is 0 Å². The lowest BCUT2D eigenvalue weighted by molar-refractivity contribution is -0.146. The van der Waals surface area contributed by atoms with E-state index in [0.29, 0.717) is 6.42 Å². The quantitative estimate of drug-likeness (QED) is 0.701. The monoisotopic (exact) mass is 185 g/mol. The molecule has 3 N–H and O–H groups in total. The molecule has 1 aliphatic carbocycles. The van der Waals surface area contributed by atoms with Gasteiger partial charge in [0.2, 0.25) is 0 Å². The van der Waals surface area contributed by atoms with E-state index in [1.165, 1.54) is 0 Å². The summed E-state index contributed by atoms with van der Waals surface area (Å²) in [5, 5.41) is 9.10. The van der Waals surface area contributed by atoms with Gasteiger partial charge >= 0.3 is 5.97 Å². The van der Waals surface area contributed by atoms with Gasteiger partial charge in [-0.25, -0.2) is 0 Å². The Morgan fingerprint density at radius 3 is 2.46 bits per heavy atom. The summed E-state index contributed by atoms with van der Waals surface area (Å²) in [6, 6.07) is 0. The molecule has 0 saturated heterocycles. The number of carboxylic acid groups (broad SMARTS) is 1. The molecule has 0 aromatic heterocycles. The van der Waals surface area contributed by atoms with Gasteiger partial charge in [0.1, 0.15) is 5.54 Å². The van der Waals surface area contributed by atoms with Gasteiger partial charge in [0.05, 0.1) is 0 Å². The molecule has 13 heavy (non-hydrogen) atoms. The van der Waals surface area contributed by atoms with E-state index in [9.17, 15) is 4.79 Å². The van der Waals surface area contributed by atoms with Crippen molar-refractivity contribution in [3.05, 3.63) is 0 Å². The Kier molecular flexibility index (Phi) is 3.31. The number of rotatable bonds is 4. The largest absolute Gasteiger partial charge is 0.480 e. The van der Waals surface area contributed by atoms with Crippen molar-refractivity contribution in [1.29, 1.82) is 0 Å². The summed E-state index contributed by atoms with van der Waals surface area (Å²) < 4.78 is 0. The summed E-state index contributed by atoms with van der Waals surface area (Å²) in [5.74, 6) is -0.619. The lowest BCUT2D eigenvalue weighted by Crippen LogP contribution is -2.53. The van der Waals surface area contributed by atoms with E-state index in [1.54, 1.807) is 0 Å². The molecule has 3 heteroatoms. The summed E-state index contributed by atoms with van der Waals surface area (Å²) >= 11 is 0. The minimum Gasteiger partial charge on any atom is -0.480 e. The first-order chi connectivity index (χ1) is 6.11. The molecule has 3 nitrogen and oxygen atoms in total. The summed E-state index contributed by atoms with van der Waals surface area (Å²) in [4.78, 5) is 11.1. The van der Waals surface area contributed by atoms with Crippen LogP contribution in [0.15, 0.2) is 0 Å². The molecule has 76 valence electrons. The van der Waals surface area contributed by atoms with Crippen LogP contribution in [0.3, 0.4) is 0 Å². The maximum absolute atomic E-state index is 11.1. The normalized spacial score (nSPS) is 22.9. The first-order valence-electron chi connectivity index (χ1n) is 5.13. The Morgan fingerprint density at radius 1 is 1.54 bits per heavy atom. The van der Waals surface area contributed by atoms with Crippen molar-refractivity contribution in [3.63, 3.8) is 0 Å². The van der Waals surface area contributed by atoms with Gasteiger partial charge in [-0.05, 0) is 25.2 Å². The Balaban J connectivity index is 2.69. The minimum atomic E-state index is -0.953. The molecule has 0 aromatic carbocycles. The molecule has 0 radical (unpaired) electrons. The first-order valence-corrected chi connectivity index (χ1v) is 5.13. The molecule has 1 aliphatic rings. The summed E-state index contributed by atoms with van der Waals surface area (Å²) in [7, 11) is 0. The van der Waals surface area contributed by atoms with E-state index in [-0.39, 0.29) is 5.92 Å². The molecule has 0 unspecified atom stereocenters. The second kappa shape index (κ2) is 4.09. The number of hydrogen-bond donors (Lipinski definition) is 2. The van der Waals surface area contributed by atoms with Gasteiger partial charge in [-0.2, -0.15) is 0 Å². The average molecular weight is 185 g/mol. The predicted molar refractivity (Wildman–Crippen MR) is 51.4 cm³/mol. The lowest BCUT2D eigenvalue weighted by Gasteiger charge is -2.30. The highest BCUT2D eigenvalue weighted by Crippen LogP contribution is 2.35. The van der Waals surface area contributed by atoms with Gasteiger partial charge in [0.15, 0.2) is 0 Å². The summed E-state index contributed by atoms with van der Waals surface area (Å²) in [6.45, 7) is 1.99. The standard InChI is InChI=1S/C10H19NO2/c1-2-7-10(11,9(12)13)8-5-3-4-6-8/h8H,2-7,11H2,1H3,(H,12,13)/t10-/m0/s1. The molecule has 1 rings (SSSR count). The zero-order chi connectivity index (χ0) is 9.90. The van der Waals surface area contributed by atoms with Crippen LogP contribution in [0.2, 0.25) is 0 Å². The Bertz CT molecular complexity index is 187. The lowest BCUT2D eigenvalue weighted by atomic mass is 9.80. The van der Waals surface area contributed by atoms with Crippen molar-refractivity contribution < 1.29 is 9.90 Å². The van der Waals surface area contributed by atoms with Crippen LogP contribution in [0.4, 0.5) is 0 Å². The van der Waals surface area contributed by atoms with E-state index in [1.807, 2.05) is 6.92 Å². The van der Waals surface area contributed by atoms with Gasteiger partial charge in [0, 0.05) is 0 Å². The SMILES string of the molecule is CCC[C@@](N)(C(=O)O)C1CCCC1. The smallest absolute Gasteiger partial charge is 0.323 e. The highest BCUT2D eigenvalue weighted by molar-refractivity contribution is 5.79. The van der Waals surface area contributed by atoms with Gasteiger partial charge < -0.3 is 10.8 Å². The van der Waals surface area contributed by atoms with Crippen LogP contribution < -0.4 is 5.73 Å². The fraction of sp³-hybridized carbons (Fsp3) is 0.900. The van der Waals surface area contributed by atoms with Crippen molar-refractivity contribution in [2.45, 2.75) is 51.0 Å². The molecular formula is C10H19NO2. The van der Waals surface area contributed by atoms with Gasteiger partial charge in [-0.1, -0.05) is 26.2 Å². The number of carbonyl (C=O) groups is 1. The van der Waals surface area contributed by atoms with Gasteiger partial charge in [-0.3, -0.25) is 4.79 Å². The van der Waals surface area contributed by atoms with Crippen LogP contribution >= 0.6 is 0 Å². The Hall–Kier alpha value is -0.570.